The molecule has 1 fully saturated rings. The standard InChI is InChI=1S/C30H29N3O3/c1-3-27(34)36-17-16-32(20-8-5-4-6-9-20)25-15-13-22-28-21(25)10-7-11-23(28)30(35)33-26-14-12-19(2)18-24(26)31-29(22)33/h3,7,10-15,18,20H,1,4-6,8-9,16-17H2,2H3. The number of rotatable bonds is 6. The van der Waals surface area contributed by atoms with E-state index in [0.717, 1.165) is 51.3 Å². The van der Waals surface area contributed by atoms with Gasteiger partial charge in [-0.05, 0) is 55.7 Å². The summed E-state index contributed by atoms with van der Waals surface area (Å²) in [4.78, 5) is 32.7. The number of esters is 1. The van der Waals surface area contributed by atoms with Crippen LogP contribution >= 0.6 is 0 Å². The highest BCUT2D eigenvalue weighted by atomic mass is 16.5. The number of fused-ring (bicyclic) bond motifs is 4. The van der Waals surface area contributed by atoms with E-state index in [1.54, 1.807) is 4.40 Å². The van der Waals surface area contributed by atoms with Gasteiger partial charge in [0.25, 0.3) is 5.56 Å². The van der Waals surface area contributed by atoms with Crippen LogP contribution in [0.15, 0.2) is 66.0 Å². The Morgan fingerprint density at radius 1 is 1.11 bits per heavy atom. The smallest absolute Gasteiger partial charge is 0.330 e. The largest absolute Gasteiger partial charge is 0.461 e. The third-order valence-corrected chi connectivity index (χ3v) is 7.57. The molecule has 3 aromatic carbocycles. The predicted octanol–water partition coefficient (Wildman–Crippen LogP) is 5.77. The Hall–Kier alpha value is -3.93. The van der Waals surface area contributed by atoms with Crippen LogP contribution in [0.3, 0.4) is 0 Å². The van der Waals surface area contributed by atoms with Crippen molar-refractivity contribution in [3.05, 3.63) is 77.1 Å². The first-order chi connectivity index (χ1) is 17.6. The Morgan fingerprint density at radius 2 is 1.92 bits per heavy atom. The first kappa shape index (κ1) is 22.5. The van der Waals surface area contributed by atoms with Crippen molar-refractivity contribution in [3.63, 3.8) is 0 Å². The average molecular weight is 480 g/mol. The number of aromatic nitrogens is 2. The van der Waals surface area contributed by atoms with Crippen molar-refractivity contribution in [2.24, 2.45) is 0 Å². The number of ether oxygens (including phenoxy) is 1. The summed E-state index contributed by atoms with van der Waals surface area (Å²) < 4.78 is 7.12. The minimum absolute atomic E-state index is 0.0456. The molecule has 36 heavy (non-hydrogen) atoms. The van der Waals surface area contributed by atoms with E-state index in [1.165, 1.54) is 25.3 Å². The van der Waals surface area contributed by atoms with Crippen LogP contribution in [0.5, 0.6) is 0 Å². The minimum atomic E-state index is -0.407. The highest BCUT2D eigenvalue weighted by molar-refractivity contribution is 6.18. The lowest BCUT2D eigenvalue weighted by atomic mass is 9.92. The first-order valence-corrected chi connectivity index (χ1v) is 12.7. The molecule has 2 aromatic heterocycles. The van der Waals surface area contributed by atoms with Gasteiger partial charge < -0.3 is 9.64 Å². The summed E-state index contributed by atoms with van der Waals surface area (Å²) in [6, 6.07) is 16.6. The molecular weight excluding hydrogens is 450 g/mol. The number of aryl methyl sites for hydroxylation is 1. The number of pyridine rings is 1. The Bertz CT molecular complexity index is 1680. The van der Waals surface area contributed by atoms with E-state index in [1.807, 2.05) is 37.3 Å². The van der Waals surface area contributed by atoms with E-state index in [0.29, 0.717) is 30.2 Å². The lowest BCUT2D eigenvalue weighted by Gasteiger charge is -2.37. The molecule has 182 valence electrons. The maximum absolute atomic E-state index is 13.8. The van der Waals surface area contributed by atoms with Crippen molar-refractivity contribution in [2.45, 2.75) is 45.1 Å². The second-order valence-electron chi connectivity index (χ2n) is 9.79. The van der Waals surface area contributed by atoms with Gasteiger partial charge in [-0.15, -0.1) is 0 Å². The SMILES string of the molecule is C=CC(=O)OCCN(c1ccc2c3c1cccc3c(=O)n1c3ccc(C)cc3nc21)C1CCCCC1. The van der Waals surface area contributed by atoms with Crippen molar-refractivity contribution in [1.29, 1.82) is 0 Å². The van der Waals surface area contributed by atoms with Gasteiger partial charge in [0.1, 0.15) is 12.3 Å². The lowest BCUT2D eigenvalue weighted by Crippen LogP contribution is -2.39. The average Bonchev–Trinajstić information content (AvgIpc) is 3.29. The van der Waals surface area contributed by atoms with Gasteiger partial charge in [0.2, 0.25) is 0 Å². The third kappa shape index (κ3) is 3.60. The quantitative estimate of drug-likeness (QED) is 0.229. The molecule has 2 heterocycles. The lowest BCUT2D eigenvalue weighted by molar-refractivity contribution is -0.137. The van der Waals surface area contributed by atoms with Gasteiger partial charge in [0.15, 0.2) is 0 Å². The number of carbonyl (C=O) groups is 1. The molecule has 6 nitrogen and oxygen atoms in total. The second kappa shape index (κ2) is 8.94. The van der Waals surface area contributed by atoms with Gasteiger partial charge in [-0.3, -0.25) is 9.20 Å². The highest BCUT2D eigenvalue weighted by Crippen LogP contribution is 2.38. The maximum Gasteiger partial charge on any atom is 0.330 e. The molecule has 6 heteroatoms. The molecule has 0 atom stereocenters. The van der Waals surface area contributed by atoms with Gasteiger partial charge in [0.05, 0.1) is 17.6 Å². The van der Waals surface area contributed by atoms with E-state index < -0.39 is 5.97 Å². The summed E-state index contributed by atoms with van der Waals surface area (Å²) in [5, 5.41) is 3.65. The van der Waals surface area contributed by atoms with Crippen LogP contribution in [0.2, 0.25) is 0 Å². The van der Waals surface area contributed by atoms with Crippen LogP contribution in [0.1, 0.15) is 37.7 Å². The van der Waals surface area contributed by atoms with Crippen LogP contribution in [-0.2, 0) is 9.53 Å². The molecule has 0 saturated heterocycles. The van der Waals surface area contributed by atoms with Crippen molar-refractivity contribution in [2.75, 3.05) is 18.1 Å². The Kier molecular flexibility index (Phi) is 5.59. The zero-order chi connectivity index (χ0) is 24.8. The molecule has 0 N–H and O–H groups in total. The summed E-state index contributed by atoms with van der Waals surface area (Å²) in [5.41, 5.74) is 4.50. The zero-order valence-electron chi connectivity index (χ0n) is 20.5. The fraction of sp³-hybridized carbons (Fsp3) is 0.300. The van der Waals surface area contributed by atoms with Crippen LogP contribution in [0.4, 0.5) is 5.69 Å². The fourth-order valence-corrected chi connectivity index (χ4v) is 5.90. The summed E-state index contributed by atoms with van der Waals surface area (Å²) >= 11 is 0. The van der Waals surface area contributed by atoms with Gasteiger partial charge in [-0.1, -0.05) is 44.0 Å². The number of nitrogens with zero attached hydrogens (tertiary/aromatic N) is 3. The number of anilines is 1. The zero-order valence-corrected chi connectivity index (χ0v) is 20.5. The molecule has 0 aliphatic heterocycles. The molecule has 6 rings (SSSR count). The Labute approximate surface area is 209 Å². The summed E-state index contributed by atoms with van der Waals surface area (Å²) in [5.74, 6) is -0.407. The number of imidazole rings is 1. The Morgan fingerprint density at radius 3 is 2.72 bits per heavy atom. The Balaban J connectivity index is 1.56. The molecule has 1 saturated carbocycles. The number of hydrogen-bond donors (Lipinski definition) is 0. The fourth-order valence-electron chi connectivity index (χ4n) is 5.90. The van der Waals surface area contributed by atoms with E-state index in [9.17, 15) is 9.59 Å². The van der Waals surface area contributed by atoms with Crippen molar-refractivity contribution in [1.82, 2.24) is 9.38 Å². The normalized spacial score (nSPS) is 14.7. The molecule has 0 radical (unpaired) electrons. The third-order valence-electron chi connectivity index (χ3n) is 7.57. The summed E-state index contributed by atoms with van der Waals surface area (Å²) in [6.45, 7) is 6.42. The molecule has 1 aliphatic carbocycles. The second-order valence-corrected chi connectivity index (χ2v) is 9.79. The van der Waals surface area contributed by atoms with E-state index in [2.05, 4.69) is 29.7 Å². The van der Waals surface area contributed by atoms with E-state index in [4.69, 9.17) is 9.72 Å². The monoisotopic (exact) mass is 479 g/mol. The number of carbonyl (C=O) groups excluding carboxylic acids is 1. The van der Waals surface area contributed by atoms with Crippen molar-refractivity contribution in [3.8, 4) is 0 Å². The van der Waals surface area contributed by atoms with Crippen molar-refractivity contribution >= 4 is 49.9 Å². The highest BCUT2D eigenvalue weighted by Gasteiger charge is 2.25. The minimum Gasteiger partial charge on any atom is -0.461 e. The molecule has 5 aromatic rings. The van der Waals surface area contributed by atoms with Crippen molar-refractivity contribution < 1.29 is 9.53 Å². The maximum atomic E-state index is 13.8. The molecule has 1 aliphatic rings. The van der Waals surface area contributed by atoms with E-state index in [-0.39, 0.29) is 5.56 Å². The molecule has 0 bridgehead atoms. The summed E-state index contributed by atoms with van der Waals surface area (Å²) in [7, 11) is 0. The predicted molar refractivity (Wildman–Crippen MR) is 145 cm³/mol. The van der Waals surface area contributed by atoms with Gasteiger partial charge in [-0.25, -0.2) is 9.78 Å². The molecular formula is C30H29N3O3. The first-order valence-electron chi connectivity index (χ1n) is 12.7. The van der Waals surface area contributed by atoms with Crippen LogP contribution in [0.25, 0.3) is 38.2 Å². The van der Waals surface area contributed by atoms with Crippen LogP contribution < -0.4 is 10.5 Å². The summed E-state index contributed by atoms with van der Waals surface area (Å²) in [6.07, 6.45) is 7.04. The number of hydrogen-bond acceptors (Lipinski definition) is 5. The van der Waals surface area contributed by atoms with Gasteiger partial charge >= 0.3 is 5.97 Å². The van der Waals surface area contributed by atoms with Gasteiger partial charge in [-0.2, -0.15) is 0 Å². The number of benzene rings is 3. The van der Waals surface area contributed by atoms with E-state index >= 15 is 0 Å². The molecule has 0 amide bonds. The van der Waals surface area contributed by atoms with Crippen LogP contribution in [0, 0.1) is 6.92 Å². The molecule has 0 spiro atoms. The van der Waals surface area contributed by atoms with Crippen LogP contribution in [-0.4, -0.2) is 34.5 Å². The molecule has 0 unspecified atom stereocenters. The topological polar surface area (TPSA) is 63.9 Å². The van der Waals surface area contributed by atoms with Gasteiger partial charge in [0, 0.05) is 39.4 Å².